The smallest absolute Gasteiger partial charge is 0.152 e. The van der Waals surface area contributed by atoms with Crippen molar-refractivity contribution < 1.29 is 4.79 Å². The van der Waals surface area contributed by atoms with Gasteiger partial charge in [0, 0.05) is 16.6 Å². The molecule has 2 rings (SSSR count). The molecular formula is C11H9NO. The Morgan fingerprint density at radius 2 is 1.85 bits per heavy atom. The van der Waals surface area contributed by atoms with E-state index >= 15 is 0 Å². The average Bonchev–Trinajstić information content (AvgIpc) is 2.19. The van der Waals surface area contributed by atoms with E-state index in [0.717, 1.165) is 17.1 Å². The Morgan fingerprint density at radius 1 is 1.08 bits per heavy atom. The molecule has 2 heteroatoms. The second kappa shape index (κ2) is 2.90. The summed E-state index contributed by atoms with van der Waals surface area (Å²) in [6.45, 7) is 0. The number of benzene rings is 2. The molecule has 0 atom stereocenters. The molecule has 0 aromatic heterocycles. The zero-order chi connectivity index (χ0) is 9.26. The molecule has 0 spiro atoms. The van der Waals surface area contributed by atoms with Crippen LogP contribution in [-0.2, 0) is 0 Å². The lowest BCUT2D eigenvalue weighted by atomic mass is 10.1. The quantitative estimate of drug-likeness (QED) is 0.528. The molecule has 2 nitrogen and oxygen atoms in total. The number of carbonyl (C=O) groups is 1. The zero-order valence-electron chi connectivity index (χ0n) is 7.03. The van der Waals surface area contributed by atoms with Crippen LogP contribution >= 0.6 is 0 Å². The molecule has 0 aliphatic carbocycles. The number of rotatable bonds is 1. The fourth-order valence-electron chi connectivity index (χ4n) is 1.42. The average molecular weight is 171 g/mol. The molecule has 0 amide bonds. The van der Waals surface area contributed by atoms with Gasteiger partial charge < -0.3 is 5.73 Å². The second-order valence-electron chi connectivity index (χ2n) is 2.91. The van der Waals surface area contributed by atoms with E-state index in [-0.39, 0.29) is 0 Å². The largest absolute Gasteiger partial charge is 0.398 e. The normalized spacial score (nSPS) is 10.2. The SMILES string of the molecule is Nc1c(C=O)ccc2ccccc12. The third-order valence-corrected chi connectivity index (χ3v) is 2.13. The van der Waals surface area contributed by atoms with Crippen LogP contribution in [0.25, 0.3) is 10.8 Å². The highest BCUT2D eigenvalue weighted by Crippen LogP contribution is 2.23. The van der Waals surface area contributed by atoms with Crippen molar-refractivity contribution in [3.8, 4) is 0 Å². The first-order chi connectivity index (χ1) is 6.33. The molecule has 2 aromatic carbocycles. The second-order valence-corrected chi connectivity index (χ2v) is 2.91. The lowest BCUT2D eigenvalue weighted by molar-refractivity contribution is 0.112. The van der Waals surface area contributed by atoms with Gasteiger partial charge in [-0.1, -0.05) is 30.3 Å². The highest BCUT2D eigenvalue weighted by atomic mass is 16.1. The first-order valence-electron chi connectivity index (χ1n) is 4.05. The molecule has 13 heavy (non-hydrogen) atoms. The minimum absolute atomic E-state index is 0.554. The van der Waals surface area contributed by atoms with Gasteiger partial charge in [-0.05, 0) is 11.5 Å². The summed E-state index contributed by atoms with van der Waals surface area (Å²) >= 11 is 0. The number of nitrogen functional groups attached to an aromatic ring is 1. The first-order valence-corrected chi connectivity index (χ1v) is 4.05. The van der Waals surface area contributed by atoms with Gasteiger partial charge in [0.2, 0.25) is 0 Å². The van der Waals surface area contributed by atoms with Gasteiger partial charge in [-0.2, -0.15) is 0 Å². The highest BCUT2D eigenvalue weighted by molar-refractivity contribution is 6.00. The first kappa shape index (κ1) is 7.80. The van der Waals surface area contributed by atoms with Gasteiger partial charge in [-0.25, -0.2) is 0 Å². The predicted molar refractivity (Wildman–Crippen MR) is 53.7 cm³/mol. The maximum Gasteiger partial charge on any atom is 0.152 e. The monoisotopic (exact) mass is 171 g/mol. The van der Waals surface area contributed by atoms with Crippen molar-refractivity contribution in [3.63, 3.8) is 0 Å². The summed E-state index contributed by atoms with van der Waals surface area (Å²) in [6, 6.07) is 11.4. The van der Waals surface area contributed by atoms with E-state index in [4.69, 9.17) is 5.73 Å². The van der Waals surface area contributed by atoms with Crippen LogP contribution in [0.2, 0.25) is 0 Å². The van der Waals surface area contributed by atoms with Crippen LogP contribution in [-0.4, -0.2) is 6.29 Å². The van der Waals surface area contributed by atoms with Crippen LogP contribution in [0, 0.1) is 0 Å². The molecule has 0 heterocycles. The Hall–Kier alpha value is -1.83. The molecule has 0 unspecified atom stereocenters. The summed E-state index contributed by atoms with van der Waals surface area (Å²) in [6.07, 6.45) is 0.780. The highest BCUT2D eigenvalue weighted by Gasteiger charge is 2.01. The van der Waals surface area contributed by atoms with Crippen molar-refractivity contribution in [2.75, 3.05) is 5.73 Å². The van der Waals surface area contributed by atoms with Crippen molar-refractivity contribution in [2.24, 2.45) is 0 Å². The number of carbonyl (C=O) groups excluding carboxylic acids is 1. The van der Waals surface area contributed by atoms with Gasteiger partial charge in [0.25, 0.3) is 0 Å². The molecule has 0 saturated carbocycles. The van der Waals surface area contributed by atoms with Crippen molar-refractivity contribution in [1.29, 1.82) is 0 Å². The van der Waals surface area contributed by atoms with Crippen LogP contribution < -0.4 is 5.73 Å². The van der Waals surface area contributed by atoms with Crippen LogP contribution in [0.15, 0.2) is 36.4 Å². The van der Waals surface area contributed by atoms with Gasteiger partial charge in [0.05, 0.1) is 0 Å². The van der Waals surface area contributed by atoms with Gasteiger partial charge in [0.1, 0.15) is 0 Å². The van der Waals surface area contributed by atoms with Gasteiger partial charge in [-0.15, -0.1) is 0 Å². The predicted octanol–water partition coefficient (Wildman–Crippen LogP) is 2.23. The molecule has 2 aromatic rings. The number of hydrogen-bond donors (Lipinski definition) is 1. The Bertz CT molecular complexity index is 463. The maximum absolute atomic E-state index is 10.6. The summed E-state index contributed by atoms with van der Waals surface area (Å²) in [7, 11) is 0. The molecule has 0 radical (unpaired) electrons. The van der Waals surface area contributed by atoms with Crippen LogP contribution in [0.5, 0.6) is 0 Å². The third-order valence-electron chi connectivity index (χ3n) is 2.13. The maximum atomic E-state index is 10.6. The standard InChI is InChI=1S/C11H9NO/c12-11-9(7-13)6-5-8-3-1-2-4-10(8)11/h1-7H,12H2. The molecule has 2 N–H and O–H groups in total. The molecular weight excluding hydrogens is 162 g/mol. The summed E-state index contributed by atoms with van der Waals surface area (Å²) in [5.41, 5.74) is 6.92. The van der Waals surface area contributed by atoms with Gasteiger partial charge in [-0.3, -0.25) is 4.79 Å². The topological polar surface area (TPSA) is 43.1 Å². The van der Waals surface area contributed by atoms with Crippen molar-refractivity contribution in [3.05, 3.63) is 42.0 Å². The zero-order valence-corrected chi connectivity index (χ0v) is 7.03. The van der Waals surface area contributed by atoms with E-state index in [0.29, 0.717) is 11.3 Å². The third kappa shape index (κ3) is 1.16. The van der Waals surface area contributed by atoms with Gasteiger partial charge in [0.15, 0.2) is 6.29 Å². The van der Waals surface area contributed by atoms with Gasteiger partial charge >= 0.3 is 0 Å². The summed E-state index contributed by atoms with van der Waals surface area (Å²) in [4.78, 5) is 10.6. The molecule has 0 bridgehead atoms. The summed E-state index contributed by atoms with van der Waals surface area (Å²) < 4.78 is 0. The number of hydrogen-bond acceptors (Lipinski definition) is 2. The van der Waals surface area contributed by atoms with E-state index < -0.39 is 0 Å². The van der Waals surface area contributed by atoms with Crippen molar-refractivity contribution in [1.82, 2.24) is 0 Å². The Kier molecular flexibility index (Phi) is 1.74. The Balaban J connectivity index is 2.86. The van der Waals surface area contributed by atoms with Crippen LogP contribution in [0.3, 0.4) is 0 Å². The number of anilines is 1. The van der Waals surface area contributed by atoms with E-state index in [2.05, 4.69) is 0 Å². The van der Waals surface area contributed by atoms with E-state index in [1.807, 2.05) is 30.3 Å². The summed E-state index contributed by atoms with van der Waals surface area (Å²) in [5, 5.41) is 2.00. The lowest BCUT2D eigenvalue weighted by Crippen LogP contribution is -1.93. The fourth-order valence-corrected chi connectivity index (χ4v) is 1.42. The van der Waals surface area contributed by atoms with E-state index in [1.54, 1.807) is 6.07 Å². The fraction of sp³-hybridized carbons (Fsp3) is 0. The van der Waals surface area contributed by atoms with E-state index in [9.17, 15) is 4.79 Å². The Labute approximate surface area is 76.0 Å². The van der Waals surface area contributed by atoms with Crippen molar-refractivity contribution in [2.45, 2.75) is 0 Å². The number of nitrogens with two attached hydrogens (primary N) is 1. The van der Waals surface area contributed by atoms with Crippen LogP contribution in [0.1, 0.15) is 10.4 Å². The minimum Gasteiger partial charge on any atom is -0.398 e. The number of aldehydes is 1. The van der Waals surface area contributed by atoms with Crippen LogP contribution in [0.4, 0.5) is 5.69 Å². The lowest BCUT2D eigenvalue weighted by Gasteiger charge is -2.03. The van der Waals surface area contributed by atoms with Crippen molar-refractivity contribution >= 4 is 22.7 Å². The molecule has 64 valence electrons. The molecule has 0 aliphatic rings. The minimum atomic E-state index is 0.554. The Morgan fingerprint density at radius 3 is 2.62 bits per heavy atom. The summed E-state index contributed by atoms with van der Waals surface area (Å²) in [5.74, 6) is 0. The van der Waals surface area contributed by atoms with E-state index in [1.165, 1.54) is 0 Å². The molecule has 0 saturated heterocycles. The molecule has 0 fully saturated rings. The number of fused-ring (bicyclic) bond motifs is 1. The molecule has 0 aliphatic heterocycles.